The number of fused-ring (bicyclic) bond motifs is 11. The molecule has 3 heteroatoms. The van der Waals surface area contributed by atoms with Crippen molar-refractivity contribution in [1.82, 2.24) is 4.57 Å². The van der Waals surface area contributed by atoms with Crippen LogP contribution < -0.4 is 4.90 Å². The number of rotatable bonds is 4. The Morgan fingerprint density at radius 3 is 1.93 bits per heavy atom. The van der Waals surface area contributed by atoms with Crippen LogP contribution in [0, 0.1) is 0 Å². The van der Waals surface area contributed by atoms with Crippen molar-refractivity contribution in [2.45, 2.75) is 12.3 Å². The highest BCUT2D eigenvalue weighted by molar-refractivity contribution is 7.25. The first-order valence-electron chi connectivity index (χ1n) is 20.4. The lowest BCUT2D eigenvalue weighted by Crippen LogP contribution is -2.32. The number of thiophene rings is 1. The summed E-state index contributed by atoms with van der Waals surface area (Å²) >= 11 is 1.87. The molecule has 2 aromatic heterocycles. The summed E-state index contributed by atoms with van der Waals surface area (Å²) in [4.78, 5) is 2.51. The summed E-state index contributed by atoms with van der Waals surface area (Å²) in [6, 6.07) is 74.4. The van der Waals surface area contributed by atoms with Crippen molar-refractivity contribution in [3.8, 4) is 39.1 Å². The Kier molecular flexibility index (Phi) is 6.77. The van der Waals surface area contributed by atoms with Crippen LogP contribution in [0.2, 0.25) is 0 Å². The van der Waals surface area contributed by atoms with Crippen molar-refractivity contribution in [2.24, 2.45) is 0 Å². The summed E-state index contributed by atoms with van der Waals surface area (Å²) in [6.45, 7) is 2.46. The van der Waals surface area contributed by atoms with Crippen LogP contribution in [0.5, 0.6) is 0 Å². The third-order valence-corrected chi connectivity index (χ3v) is 14.3. The standard InChI is InChI=1S/C56H36N2S/c1-56-45-22-8-5-16-41(45)42-21-12-25-50(55(42)56)58(38-31-28-35(29-32-38)39-20-13-27-52-54(39)44-18-7-10-26-51(44)59-52)48-33-30-36(34-46(48)56)40-19-11-24-49-53(40)43-17-6-9-23-47(43)57(49)37-14-3-2-4-15-37/h2-34H,1H3. The van der Waals surface area contributed by atoms with Gasteiger partial charge in [-0.15, -0.1) is 11.3 Å². The highest BCUT2D eigenvalue weighted by Crippen LogP contribution is 2.62. The molecule has 0 spiro atoms. The van der Waals surface area contributed by atoms with Crippen LogP contribution in [0.3, 0.4) is 0 Å². The van der Waals surface area contributed by atoms with E-state index in [0.717, 1.165) is 5.69 Å². The van der Waals surface area contributed by atoms with Crippen LogP contribution in [0.4, 0.5) is 17.1 Å². The van der Waals surface area contributed by atoms with Crippen molar-refractivity contribution in [3.63, 3.8) is 0 Å². The Bertz CT molecular complexity index is 3520. The maximum Gasteiger partial charge on any atom is 0.0547 e. The van der Waals surface area contributed by atoms with Gasteiger partial charge in [-0.1, -0.05) is 133 Å². The summed E-state index contributed by atoms with van der Waals surface area (Å²) in [6.07, 6.45) is 0. The zero-order valence-corrected chi connectivity index (χ0v) is 33.2. The molecule has 0 bridgehead atoms. The molecule has 13 rings (SSSR count). The second-order valence-electron chi connectivity index (χ2n) is 16.1. The fraction of sp³-hybridized carbons (Fsp3) is 0.0357. The van der Waals surface area contributed by atoms with Gasteiger partial charge in [0.2, 0.25) is 0 Å². The van der Waals surface area contributed by atoms with E-state index in [9.17, 15) is 0 Å². The highest BCUT2D eigenvalue weighted by atomic mass is 32.1. The monoisotopic (exact) mass is 768 g/mol. The van der Waals surface area contributed by atoms with E-state index in [0.29, 0.717) is 0 Å². The molecular weight excluding hydrogens is 733 g/mol. The van der Waals surface area contributed by atoms with E-state index in [1.165, 1.54) is 109 Å². The normalized spacial score (nSPS) is 15.2. The summed E-state index contributed by atoms with van der Waals surface area (Å²) in [7, 11) is 0. The molecule has 59 heavy (non-hydrogen) atoms. The van der Waals surface area contributed by atoms with Gasteiger partial charge in [-0.2, -0.15) is 0 Å². The van der Waals surface area contributed by atoms with Gasteiger partial charge in [-0.05, 0) is 124 Å². The Morgan fingerprint density at radius 2 is 1.05 bits per heavy atom. The van der Waals surface area contributed by atoms with Crippen LogP contribution in [0.25, 0.3) is 81.0 Å². The predicted octanol–water partition coefficient (Wildman–Crippen LogP) is 15.6. The minimum atomic E-state index is -0.341. The number of benzene rings is 9. The number of anilines is 3. The SMILES string of the molecule is CC12c3ccccc3-c3cccc(c31)N(c1ccc(-c3cccc4sc5ccccc5c34)cc1)c1ccc(-c3cccc4c3c3ccccc3n4-c3ccccc3)cc12. The Balaban J connectivity index is 1.03. The van der Waals surface area contributed by atoms with E-state index in [2.05, 4.69) is 217 Å². The number of hydrogen-bond acceptors (Lipinski definition) is 2. The minimum Gasteiger partial charge on any atom is -0.310 e. The van der Waals surface area contributed by atoms with Crippen LogP contribution in [0.1, 0.15) is 23.6 Å². The van der Waals surface area contributed by atoms with Gasteiger partial charge in [0, 0.05) is 47.7 Å². The fourth-order valence-electron chi connectivity index (χ4n) is 10.7. The smallest absolute Gasteiger partial charge is 0.0547 e. The van der Waals surface area contributed by atoms with E-state index < -0.39 is 0 Å². The summed E-state index contributed by atoms with van der Waals surface area (Å²) < 4.78 is 5.07. The average Bonchev–Trinajstić information content (AvgIpc) is 3.94. The first-order chi connectivity index (χ1) is 29.2. The molecule has 1 aliphatic heterocycles. The molecule has 276 valence electrons. The zero-order valence-electron chi connectivity index (χ0n) is 32.4. The molecule has 0 amide bonds. The Labute approximate surface area is 346 Å². The number of nitrogens with zero attached hydrogens (tertiary/aromatic N) is 2. The molecule has 0 saturated carbocycles. The minimum absolute atomic E-state index is 0.341. The molecule has 0 N–H and O–H groups in total. The lowest BCUT2D eigenvalue weighted by atomic mass is 9.70. The maximum atomic E-state index is 2.51. The average molecular weight is 769 g/mol. The third kappa shape index (κ3) is 4.45. The third-order valence-electron chi connectivity index (χ3n) is 13.2. The van der Waals surface area contributed by atoms with Crippen molar-refractivity contribution in [3.05, 3.63) is 217 Å². The molecule has 11 aromatic rings. The zero-order chi connectivity index (χ0) is 38.8. The Hall–Kier alpha value is -7.20. The van der Waals surface area contributed by atoms with Gasteiger partial charge in [0.15, 0.2) is 0 Å². The summed E-state index contributed by atoms with van der Waals surface area (Å²) in [5.41, 5.74) is 18.6. The van der Waals surface area contributed by atoms with E-state index in [-0.39, 0.29) is 5.41 Å². The molecule has 3 heterocycles. The molecule has 1 unspecified atom stereocenters. The van der Waals surface area contributed by atoms with Crippen LogP contribution in [-0.4, -0.2) is 4.57 Å². The first-order valence-corrected chi connectivity index (χ1v) is 21.3. The number of hydrogen-bond donors (Lipinski definition) is 0. The molecule has 0 radical (unpaired) electrons. The van der Waals surface area contributed by atoms with Crippen molar-refractivity contribution in [2.75, 3.05) is 4.90 Å². The van der Waals surface area contributed by atoms with Gasteiger partial charge in [0.1, 0.15) is 0 Å². The molecule has 0 saturated heterocycles. The largest absolute Gasteiger partial charge is 0.310 e. The second-order valence-corrected chi connectivity index (χ2v) is 17.2. The quantitative estimate of drug-likeness (QED) is 0.173. The lowest BCUT2D eigenvalue weighted by Gasteiger charge is -2.42. The van der Waals surface area contributed by atoms with Crippen LogP contribution in [-0.2, 0) is 5.41 Å². The van der Waals surface area contributed by atoms with Gasteiger partial charge >= 0.3 is 0 Å². The van der Waals surface area contributed by atoms with Crippen LogP contribution in [0.15, 0.2) is 200 Å². The molecule has 2 nitrogen and oxygen atoms in total. The summed E-state index contributed by atoms with van der Waals surface area (Å²) in [5.74, 6) is 0. The van der Waals surface area contributed by atoms with E-state index in [1.54, 1.807) is 0 Å². The molecule has 2 aliphatic rings. The van der Waals surface area contributed by atoms with Gasteiger partial charge in [-0.25, -0.2) is 0 Å². The van der Waals surface area contributed by atoms with E-state index >= 15 is 0 Å². The van der Waals surface area contributed by atoms with Gasteiger partial charge in [-0.3, -0.25) is 0 Å². The lowest BCUT2D eigenvalue weighted by molar-refractivity contribution is 0.702. The topological polar surface area (TPSA) is 8.17 Å². The summed E-state index contributed by atoms with van der Waals surface area (Å²) in [5, 5.41) is 5.21. The van der Waals surface area contributed by atoms with Gasteiger partial charge in [0.25, 0.3) is 0 Å². The number of para-hydroxylation sites is 2. The maximum absolute atomic E-state index is 2.51. The molecule has 1 atom stereocenters. The molecule has 9 aromatic carbocycles. The van der Waals surface area contributed by atoms with Crippen molar-refractivity contribution >= 4 is 70.4 Å². The molecular formula is C56H36N2S. The van der Waals surface area contributed by atoms with E-state index in [4.69, 9.17) is 0 Å². The van der Waals surface area contributed by atoms with Crippen molar-refractivity contribution in [1.29, 1.82) is 0 Å². The second kappa shape index (κ2) is 12.2. The van der Waals surface area contributed by atoms with Gasteiger partial charge in [0.05, 0.1) is 22.4 Å². The molecule has 1 aliphatic carbocycles. The first kappa shape index (κ1) is 32.8. The van der Waals surface area contributed by atoms with Crippen LogP contribution >= 0.6 is 11.3 Å². The Morgan fingerprint density at radius 1 is 0.407 bits per heavy atom. The van der Waals surface area contributed by atoms with Crippen molar-refractivity contribution < 1.29 is 0 Å². The number of aromatic nitrogens is 1. The highest BCUT2D eigenvalue weighted by Gasteiger charge is 2.48. The van der Waals surface area contributed by atoms with Gasteiger partial charge < -0.3 is 9.47 Å². The fourth-order valence-corrected chi connectivity index (χ4v) is 11.8. The molecule has 0 fully saturated rings. The predicted molar refractivity (Wildman–Crippen MR) is 250 cm³/mol. The van der Waals surface area contributed by atoms with E-state index in [1.807, 2.05) is 11.3 Å².